The summed E-state index contributed by atoms with van der Waals surface area (Å²) in [6.45, 7) is 11.0. The number of carbonyl (C=O) groups excluding carboxylic acids is 1. The molecule has 1 saturated heterocycles. The molecule has 1 aliphatic heterocycles. The van der Waals surface area contributed by atoms with Gasteiger partial charge in [0, 0.05) is 31.5 Å². The monoisotopic (exact) mass is 267 g/mol. The van der Waals surface area contributed by atoms with Gasteiger partial charge in [-0.1, -0.05) is 46.0 Å². The van der Waals surface area contributed by atoms with E-state index >= 15 is 0 Å². The normalized spacial score (nSPS) is 17.2. The molecule has 1 rings (SSSR count). The van der Waals surface area contributed by atoms with Gasteiger partial charge in [-0.05, 0) is 26.2 Å². The van der Waals surface area contributed by atoms with E-state index in [0.29, 0.717) is 17.7 Å². The zero-order valence-electron chi connectivity index (χ0n) is 13.5. The van der Waals surface area contributed by atoms with Gasteiger partial charge < -0.3 is 0 Å². The summed E-state index contributed by atoms with van der Waals surface area (Å²) in [5.41, 5.74) is 0. The van der Waals surface area contributed by atoms with Gasteiger partial charge in [0.25, 0.3) is 0 Å². The average molecular weight is 267 g/mol. The molecule has 0 radical (unpaired) electrons. The second kappa shape index (κ2) is 8.73. The van der Waals surface area contributed by atoms with Crippen LogP contribution in [0.25, 0.3) is 0 Å². The van der Waals surface area contributed by atoms with Gasteiger partial charge in [-0.2, -0.15) is 0 Å². The van der Waals surface area contributed by atoms with Crippen LogP contribution in [0.4, 0.5) is 0 Å². The molecule has 2 nitrogen and oxygen atoms in total. The van der Waals surface area contributed by atoms with Gasteiger partial charge in [0.05, 0.1) is 0 Å². The Balaban J connectivity index is 1.92. The molecule has 19 heavy (non-hydrogen) atoms. The first-order valence-corrected chi connectivity index (χ1v) is 8.27. The van der Waals surface area contributed by atoms with Crippen LogP contribution >= 0.6 is 0 Å². The molecule has 0 aromatic carbocycles. The minimum absolute atomic E-state index is 0.350. The van der Waals surface area contributed by atoms with Crippen LogP contribution in [0.1, 0.15) is 72.6 Å². The molecule has 1 fully saturated rings. The van der Waals surface area contributed by atoms with Crippen molar-refractivity contribution in [2.24, 2.45) is 11.8 Å². The maximum atomic E-state index is 11.9. The van der Waals surface area contributed by atoms with Crippen molar-refractivity contribution in [3.05, 3.63) is 0 Å². The summed E-state index contributed by atoms with van der Waals surface area (Å²) < 4.78 is 0. The standard InChI is InChI=1S/C17H33NO/c1-14(2)10-8-6-5-7-9-11-17(19)16-12-18(13-16)15(3)4/h14-16H,5-13H2,1-4H3. The Labute approximate surface area is 119 Å². The van der Waals surface area contributed by atoms with E-state index < -0.39 is 0 Å². The maximum Gasteiger partial charge on any atom is 0.138 e. The van der Waals surface area contributed by atoms with E-state index in [0.717, 1.165) is 31.8 Å². The van der Waals surface area contributed by atoms with E-state index in [1.165, 1.54) is 32.1 Å². The lowest BCUT2D eigenvalue weighted by atomic mass is 9.90. The quantitative estimate of drug-likeness (QED) is 0.551. The third kappa shape index (κ3) is 6.56. The minimum Gasteiger partial charge on any atom is -0.299 e. The first-order chi connectivity index (χ1) is 9.00. The second-order valence-corrected chi connectivity index (χ2v) is 6.91. The van der Waals surface area contributed by atoms with Crippen molar-refractivity contribution in [2.45, 2.75) is 78.7 Å². The molecule has 0 unspecified atom stereocenters. The van der Waals surface area contributed by atoms with Crippen molar-refractivity contribution < 1.29 is 4.79 Å². The van der Waals surface area contributed by atoms with E-state index in [-0.39, 0.29) is 0 Å². The number of ketones is 1. The van der Waals surface area contributed by atoms with Crippen molar-refractivity contribution in [1.29, 1.82) is 0 Å². The first-order valence-electron chi connectivity index (χ1n) is 8.27. The predicted octanol–water partition coefficient (Wildman–Crippen LogP) is 4.28. The summed E-state index contributed by atoms with van der Waals surface area (Å²) in [5.74, 6) is 1.70. The topological polar surface area (TPSA) is 20.3 Å². The molecule has 2 heteroatoms. The Bertz CT molecular complexity index is 254. The molecule has 0 aromatic rings. The summed E-state index contributed by atoms with van der Waals surface area (Å²) in [4.78, 5) is 14.3. The van der Waals surface area contributed by atoms with Gasteiger partial charge in [0.15, 0.2) is 0 Å². The molecule has 0 aromatic heterocycles. The van der Waals surface area contributed by atoms with Crippen LogP contribution in [0, 0.1) is 11.8 Å². The van der Waals surface area contributed by atoms with Crippen LogP contribution in [0.5, 0.6) is 0 Å². The van der Waals surface area contributed by atoms with Crippen LogP contribution in [-0.4, -0.2) is 29.8 Å². The zero-order valence-corrected chi connectivity index (χ0v) is 13.5. The van der Waals surface area contributed by atoms with Crippen molar-refractivity contribution in [3.8, 4) is 0 Å². The Hall–Kier alpha value is -0.370. The summed E-state index contributed by atoms with van der Waals surface area (Å²) in [6, 6.07) is 0.602. The number of carbonyl (C=O) groups is 1. The molecule has 0 saturated carbocycles. The number of hydrogen-bond acceptors (Lipinski definition) is 2. The average Bonchev–Trinajstić information content (AvgIpc) is 2.24. The Morgan fingerprint density at radius 2 is 1.58 bits per heavy atom. The molecule has 0 N–H and O–H groups in total. The van der Waals surface area contributed by atoms with E-state index in [2.05, 4.69) is 32.6 Å². The Morgan fingerprint density at radius 1 is 1.00 bits per heavy atom. The van der Waals surface area contributed by atoms with E-state index in [9.17, 15) is 4.79 Å². The molecule has 0 bridgehead atoms. The van der Waals surface area contributed by atoms with Crippen LogP contribution in [0.2, 0.25) is 0 Å². The molecule has 0 atom stereocenters. The molecule has 1 aliphatic rings. The fourth-order valence-electron chi connectivity index (χ4n) is 2.72. The number of rotatable bonds is 10. The number of hydrogen-bond donors (Lipinski definition) is 0. The third-order valence-electron chi connectivity index (χ3n) is 4.30. The number of likely N-dealkylation sites (tertiary alicyclic amines) is 1. The summed E-state index contributed by atoms with van der Waals surface area (Å²) in [7, 11) is 0. The predicted molar refractivity (Wildman–Crippen MR) is 82.4 cm³/mol. The molecule has 112 valence electrons. The van der Waals surface area contributed by atoms with Gasteiger partial charge in [-0.3, -0.25) is 9.69 Å². The largest absolute Gasteiger partial charge is 0.299 e. The smallest absolute Gasteiger partial charge is 0.138 e. The number of nitrogens with zero attached hydrogens (tertiary/aromatic N) is 1. The molecule has 1 heterocycles. The van der Waals surface area contributed by atoms with E-state index in [1.807, 2.05) is 0 Å². The van der Waals surface area contributed by atoms with Gasteiger partial charge in [0.2, 0.25) is 0 Å². The molecular formula is C17H33NO. The Morgan fingerprint density at radius 3 is 2.16 bits per heavy atom. The lowest BCUT2D eigenvalue weighted by molar-refractivity contribution is -0.128. The SMILES string of the molecule is CC(C)CCCCCCCC(=O)C1CN(C(C)C)C1. The number of Topliss-reactive ketones (excluding diaryl/α,β-unsaturated/α-hetero) is 1. The highest BCUT2D eigenvalue weighted by atomic mass is 16.1. The lowest BCUT2D eigenvalue weighted by Crippen LogP contribution is -2.53. The second-order valence-electron chi connectivity index (χ2n) is 6.91. The molecule has 0 amide bonds. The fraction of sp³-hybridized carbons (Fsp3) is 0.941. The minimum atomic E-state index is 0.350. The van der Waals surface area contributed by atoms with Crippen molar-refractivity contribution in [1.82, 2.24) is 4.90 Å². The lowest BCUT2D eigenvalue weighted by Gasteiger charge is -2.41. The van der Waals surface area contributed by atoms with Gasteiger partial charge in [-0.15, -0.1) is 0 Å². The van der Waals surface area contributed by atoms with Gasteiger partial charge in [0.1, 0.15) is 5.78 Å². The van der Waals surface area contributed by atoms with Crippen LogP contribution in [-0.2, 0) is 4.79 Å². The van der Waals surface area contributed by atoms with Crippen molar-refractivity contribution in [3.63, 3.8) is 0 Å². The van der Waals surface area contributed by atoms with Gasteiger partial charge >= 0.3 is 0 Å². The van der Waals surface area contributed by atoms with Crippen LogP contribution in [0.15, 0.2) is 0 Å². The Kier molecular flexibility index (Phi) is 7.67. The maximum absolute atomic E-state index is 11.9. The van der Waals surface area contributed by atoms with Crippen LogP contribution in [0.3, 0.4) is 0 Å². The fourth-order valence-corrected chi connectivity index (χ4v) is 2.72. The summed E-state index contributed by atoms with van der Waals surface area (Å²) in [5, 5.41) is 0. The van der Waals surface area contributed by atoms with E-state index in [4.69, 9.17) is 0 Å². The molecule has 0 spiro atoms. The van der Waals surface area contributed by atoms with Gasteiger partial charge in [-0.25, -0.2) is 0 Å². The zero-order chi connectivity index (χ0) is 14.3. The first kappa shape index (κ1) is 16.7. The molecular weight excluding hydrogens is 234 g/mol. The third-order valence-corrected chi connectivity index (χ3v) is 4.30. The van der Waals surface area contributed by atoms with Crippen LogP contribution < -0.4 is 0 Å². The highest BCUT2D eigenvalue weighted by Gasteiger charge is 2.32. The van der Waals surface area contributed by atoms with E-state index in [1.54, 1.807) is 0 Å². The highest BCUT2D eigenvalue weighted by Crippen LogP contribution is 2.21. The summed E-state index contributed by atoms with van der Waals surface area (Å²) >= 11 is 0. The number of unbranched alkanes of at least 4 members (excludes halogenated alkanes) is 4. The molecule has 0 aliphatic carbocycles. The van der Waals surface area contributed by atoms with Crippen molar-refractivity contribution >= 4 is 5.78 Å². The summed E-state index contributed by atoms with van der Waals surface area (Å²) in [6.07, 6.45) is 8.53. The highest BCUT2D eigenvalue weighted by molar-refractivity contribution is 5.82. The van der Waals surface area contributed by atoms with Crippen molar-refractivity contribution in [2.75, 3.05) is 13.1 Å².